The summed E-state index contributed by atoms with van der Waals surface area (Å²) in [5.74, 6) is 0.392. The number of hydrogen-bond acceptors (Lipinski definition) is 4. The summed E-state index contributed by atoms with van der Waals surface area (Å²) in [7, 11) is -3.60. The van der Waals surface area contributed by atoms with Crippen LogP contribution in [0.1, 0.15) is 30.7 Å². The number of para-hydroxylation sites is 1. The molecular formula is C21H22N2O4S. The Morgan fingerprint density at radius 2 is 1.82 bits per heavy atom. The molecule has 28 heavy (non-hydrogen) atoms. The molecule has 0 bridgehead atoms. The molecule has 0 saturated carbocycles. The predicted octanol–water partition coefficient (Wildman–Crippen LogP) is 3.59. The summed E-state index contributed by atoms with van der Waals surface area (Å²) < 4.78 is 32.1. The van der Waals surface area contributed by atoms with Crippen LogP contribution in [0.15, 0.2) is 70.5 Å². The topological polar surface area (TPSA) is 88.4 Å². The minimum Gasteiger partial charge on any atom is -0.459 e. The lowest BCUT2D eigenvalue weighted by molar-refractivity contribution is -0.121. The largest absolute Gasteiger partial charge is 0.459 e. The number of nitrogens with one attached hydrogen (secondary N) is 2. The van der Waals surface area contributed by atoms with Crippen LogP contribution in [0.4, 0.5) is 0 Å². The summed E-state index contributed by atoms with van der Waals surface area (Å²) >= 11 is 0. The molecule has 1 unspecified atom stereocenters. The summed E-state index contributed by atoms with van der Waals surface area (Å²) in [6.07, 6.45) is 1.54. The van der Waals surface area contributed by atoms with E-state index in [1.807, 2.05) is 55.5 Å². The van der Waals surface area contributed by atoms with Crippen LogP contribution in [0.3, 0.4) is 0 Å². The fourth-order valence-corrected chi connectivity index (χ4v) is 3.51. The molecule has 1 heterocycles. The van der Waals surface area contributed by atoms with Gasteiger partial charge in [0.05, 0.1) is 6.04 Å². The number of carbonyl (C=O) groups excluding carboxylic acids is 1. The van der Waals surface area contributed by atoms with Gasteiger partial charge in [-0.3, -0.25) is 4.79 Å². The van der Waals surface area contributed by atoms with Gasteiger partial charge in [0.2, 0.25) is 15.9 Å². The van der Waals surface area contributed by atoms with E-state index in [9.17, 15) is 13.2 Å². The molecular weight excluding hydrogens is 376 g/mol. The Labute approximate surface area is 164 Å². The Morgan fingerprint density at radius 3 is 2.57 bits per heavy atom. The lowest BCUT2D eigenvalue weighted by Gasteiger charge is -2.11. The molecule has 1 atom stereocenters. The Balaban J connectivity index is 1.47. The van der Waals surface area contributed by atoms with E-state index in [2.05, 4.69) is 10.0 Å². The zero-order chi connectivity index (χ0) is 20.0. The van der Waals surface area contributed by atoms with Gasteiger partial charge in [-0.15, -0.1) is 0 Å². The molecule has 0 aliphatic carbocycles. The third-order valence-corrected chi connectivity index (χ3v) is 5.24. The minimum absolute atomic E-state index is 0.0140. The Morgan fingerprint density at radius 1 is 1.11 bits per heavy atom. The number of hydrogen-bond donors (Lipinski definition) is 2. The monoisotopic (exact) mass is 398 g/mol. The molecule has 7 heteroatoms. The van der Waals surface area contributed by atoms with Crippen molar-refractivity contribution in [3.8, 4) is 0 Å². The van der Waals surface area contributed by atoms with Crippen molar-refractivity contribution in [1.82, 2.24) is 10.0 Å². The summed E-state index contributed by atoms with van der Waals surface area (Å²) in [6, 6.07) is 18.3. The zero-order valence-corrected chi connectivity index (χ0v) is 16.3. The van der Waals surface area contributed by atoms with Crippen molar-refractivity contribution >= 4 is 33.0 Å². The first-order valence-electron chi connectivity index (χ1n) is 8.93. The maximum absolute atomic E-state index is 12.1. The molecule has 0 aliphatic rings. The van der Waals surface area contributed by atoms with Gasteiger partial charge in [-0.05, 0) is 30.7 Å². The first-order chi connectivity index (χ1) is 13.4. The average molecular weight is 398 g/mol. The highest BCUT2D eigenvalue weighted by Crippen LogP contribution is 2.23. The lowest BCUT2D eigenvalue weighted by Crippen LogP contribution is -2.31. The van der Waals surface area contributed by atoms with Crippen molar-refractivity contribution in [3.05, 3.63) is 77.4 Å². The predicted molar refractivity (Wildman–Crippen MR) is 110 cm³/mol. The third-order valence-electron chi connectivity index (χ3n) is 4.14. The fourth-order valence-electron chi connectivity index (χ4n) is 2.69. The highest BCUT2D eigenvalue weighted by Gasteiger charge is 2.14. The Hall–Kier alpha value is -2.90. The number of benzene rings is 2. The van der Waals surface area contributed by atoms with Crippen molar-refractivity contribution < 1.29 is 17.6 Å². The van der Waals surface area contributed by atoms with Gasteiger partial charge in [0.25, 0.3) is 0 Å². The third kappa shape index (κ3) is 5.55. The van der Waals surface area contributed by atoms with Crippen molar-refractivity contribution in [2.45, 2.75) is 19.4 Å². The molecule has 1 aromatic heterocycles. The first-order valence-corrected chi connectivity index (χ1v) is 10.5. The van der Waals surface area contributed by atoms with E-state index >= 15 is 0 Å². The first kappa shape index (κ1) is 19.9. The summed E-state index contributed by atoms with van der Waals surface area (Å²) in [5.41, 5.74) is 1.54. The van der Waals surface area contributed by atoms with E-state index in [0.717, 1.165) is 21.9 Å². The van der Waals surface area contributed by atoms with Gasteiger partial charge >= 0.3 is 0 Å². The molecule has 0 aliphatic heterocycles. The molecule has 0 saturated heterocycles. The van der Waals surface area contributed by atoms with Crippen LogP contribution < -0.4 is 10.0 Å². The molecule has 1 amide bonds. The van der Waals surface area contributed by atoms with Gasteiger partial charge in [-0.1, -0.05) is 48.5 Å². The molecule has 0 fully saturated rings. The van der Waals surface area contributed by atoms with Gasteiger partial charge in [0.15, 0.2) is 0 Å². The molecule has 3 rings (SSSR count). The van der Waals surface area contributed by atoms with E-state index in [4.69, 9.17) is 4.42 Å². The van der Waals surface area contributed by atoms with Crippen LogP contribution in [0.5, 0.6) is 0 Å². The minimum atomic E-state index is -3.60. The van der Waals surface area contributed by atoms with Gasteiger partial charge in [0, 0.05) is 23.8 Å². The van der Waals surface area contributed by atoms with Crippen molar-refractivity contribution in [2.24, 2.45) is 0 Å². The summed E-state index contributed by atoms with van der Waals surface area (Å²) in [6.45, 7) is 1.84. The molecule has 2 aromatic carbocycles. The van der Waals surface area contributed by atoms with Crippen LogP contribution >= 0.6 is 0 Å². The van der Waals surface area contributed by atoms with E-state index in [1.165, 1.54) is 6.08 Å². The number of amides is 1. The second kappa shape index (κ2) is 8.86. The molecule has 0 radical (unpaired) electrons. The van der Waals surface area contributed by atoms with Gasteiger partial charge in [-0.25, -0.2) is 13.1 Å². The van der Waals surface area contributed by atoms with Crippen LogP contribution in [-0.4, -0.2) is 20.9 Å². The van der Waals surface area contributed by atoms with E-state index in [-0.39, 0.29) is 24.9 Å². The quantitative estimate of drug-likeness (QED) is 0.607. The van der Waals surface area contributed by atoms with Crippen molar-refractivity contribution in [3.63, 3.8) is 0 Å². The van der Waals surface area contributed by atoms with E-state index in [0.29, 0.717) is 5.76 Å². The Kier molecular flexibility index (Phi) is 6.28. The van der Waals surface area contributed by atoms with Gasteiger partial charge < -0.3 is 9.73 Å². The van der Waals surface area contributed by atoms with Gasteiger partial charge in [-0.2, -0.15) is 0 Å². The maximum atomic E-state index is 12.1. The zero-order valence-electron chi connectivity index (χ0n) is 15.5. The number of sulfonamides is 1. The molecule has 0 spiro atoms. The summed E-state index contributed by atoms with van der Waals surface area (Å²) in [5, 5.41) is 4.88. The van der Waals surface area contributed by atoms with Crippen LogP contribution in [0, 0.1) is 0 Å². The highest BCUT2D eigenvalue weighted by atomic mass is 32.2. The second-order valence-electron chi connectivity index (χ2n) is 6.38. The smallest absolute Gasteiger partial charge is 0.233 e. The van der Waals surface area contributed by atoms with E-state index in [1.54, 1.807) is 12.1 Å². The average Bonchev–Trinajstić information content (AvgIpc) is 3.11. The molecule has 6 nitrogen and oxygen atoms in total. The van der Waals surface area contributed by atoms with Crippen LogP contribution in [0.2, 0.25) is 0 Å². The van der Waals surface area contributed by atoms with Crippen molar-refractivity contribution in [2.75, 3.05) is 6.54 Å². The highest BCUT2D eigenvalue weighted by molar-refractivity contribution is 7.92. The maximum Gasteiger partial charge on any atom is 0.233 e. The lowest BCUT2D eigenvalue weighted by atomic mass is 10.2. The van der Waals surface area contributed by atoms with E-state index < -0.39 is 10.0 Å². The second-order valence-corrected chi connectivity index (χ2v) is 8.03. The number of fused-ring (bicyclic) bond motifs is 1. The Bertz CT molecular complexity index is 1040. The van der Waals surface area contributed by atoms with Crippen LogP contribution in [0.25, 0.3) is 17.0 Å². The number of carbonyl (C=O) groups is 1. The SMILES string of the molecule is CC(NC(=O)CCNS(=O)(=O)/C=C/c1ccccc1)c1cc2ccccc2o1. The molecule has 2 N–H and O–H groups in total. The summed E-state index contributed by atoms with van der Waals surface area (Å²) in [4.78, 5) is 12.1. The standard InChI is InChI=1S/C21H22N2O4S/c1-16(20-15-18-9-5-6-10-19(18)27-20)23-21(24)11-13-22-28(25,26)14-12-17-7-3-2-4-8-17/h2-10,12,14-16,22H,11,13H2,1H3,(H,23,24)/b14-12+. The van der Waals surface area contributed by atoms with Crippen LogP contribution in [-0.2, 0) is 14.8 Å². The fraction of sp³-hybridized carbons (Fsp3) is 0.190. The van der Waals surface area contributed by atoms with Gasteiger partial charge in [0.1, 0.15) is 11.3 Å². The molecule has 146 valence electrons. The van der Waals surface area contributed by atoms with Crippen molar-refractivity contribution in [1.29, 1.82) is 0 Å². The normalized spacial score (nSPS) is 13.0. The molecule has 3 aromatic rings. The number of furan rings is 1. The number of rotatable bonds is 8.